The maximum absolute atomic E-state index is 11.6. The zero-order valence-corrected chi connectivity index (χ0v) is 10.6. The third-order valence-corrected chi connectivity index (χ3v) is 3.59. The van der Waals surface area contributed by atoms with Crippen LogP contribution in [0.2, 0.25) is 0 Å². The van der Waals surface area contributed by atoms with Crippen LogP contribution in [0.25, 0.3) is 0 Å². The minimum Gasteiger partial charge on any atom is -0.508 e. The minimum atomic E-state index is -0.982. The van der Waals surface area contributed by atoms with Gasteiger partial charge in [0.1, 0.15) is 11.6 Å². The number of nitrogen functional groups attached to an aromatic ring is 1. The normalized spacial score (nSPS) is 21.4. The molecule has 0 bridgehead atoms. The lowest BCUT2D eigenvalue weighted by atomic mass is 9.85. The Labute approximate surface area is 114 Å². The topological polar surface area (TPSA) is 114 Å². The van der Waals surface area contributed by atoms with Crippen LogP contribution in [0.15, 0.2) is 24.3 Å². The summed E-state index contributed by atoms with van der Waals surface area (Å²) in [5.74, 6) is -0.456. The monoisotopic (exact) mass is 274 g/mol. The first-order valence-corrected chi connectivity index (χ1v) is 6.29. The van der Waals surface area contributed by atoms with Crippen LogP contribution in [0.4, 0.5) is 5.95 Å². The molecule has 104 valence electrons. The molecule has 1 aromatic heterocycles. The number of phenols is 1. The van der Waals surface area contributed by atoms with Gasteiger partial charge in [-0.05, 0) is 24.1 Å². The van der Waals surface area contributed by atoms with Crippen molar-refractivity contribution in [1.82, 2.24) is 14.8 Å². The first kappa shape index (κ1) is 12.5. The molecule has 2 unspecified atom stereocenters. The zero-order chi connectivity index (χ0) is 14.3. The number of nitrogens with zero attached hydrogens (tertiary/aromatic N) is 3. The van der Waals surface area contributed by atoms with E-state index < -0.39 is 12.0 Å². The number of aliphatic carboxylic acids is 1. The molecule has 1 aliphatic rings. The Bertz CT molecular complexity index is 667. The number of aryl methyl sites for hydroxylation is 1. The Morgan fingerprint density at radius 2 is 2.25 bits per heavy atom. The number of aromatic hydroxyl groups is 1. The first-order valence-electron chi connectivity index (χ1n) is 6.29. The second kappa shape index (κ2) is 4.52. The second-order valence-corrected chi connectivity index (χ2v) is 4.85. The lowest BCUT2D eigenvalue weighted by Gasteiger charge is -2.29. The van der Waals surface area contributed by atoms with Crippen LogP contribution in [0.1, 0.15) is 29.8 Å². The van der Waals surface area contributed by atoms with E-state index in [2.05, 4.69) is 10.1 Å². The predicted octanol–water partition coefficient (Wildman–Crippen LogP) is 0.922. The Kier molecular flexibility index (Phi) is 2.81. The van der Waals surface area contributed by atoms with Gasteiger partial charge in [0.25, 0.3) is 0 Å². The van der Waals surface area contributed by atoms with Gasteiger partial charge in [0.05, 0.1) is 0 Å². The van der Waals surface area contributed by atoms with Gasteiger partial charge in [0.2, 0.25) is 5.95 Å². The number of aromatic nitrogens is 3. The maximum atomic E-state index is 11.6. The molecule has 1 aliphatic heterocycles. The van der Waals surface area contributed by atoms with Gasteiger partial charge in [-0.1, -0.05) is 12.1 Å². The number of nitrogens with two attached hydrogens (primary N) is 1. The molecule has 20 heavy (non-hydrogen) atoms. The molecule has 2 heterocycles. The molecule has 4 N–H and O–H groups in total. The highest BCUT2D eigenvalue weighted by molar-refractivity contribution is 5.73. The fourth-order valence-corrected chi connectivity index (χ4v) is 2.76. The van der Waals surface area contributed by atoms with Crippen LogP contribution in [-0.2, 0) is 11.2 Å². The number of fused-ring (bicyclic) bond motifs is 1. The van der Waals surface area contributed by atoms with Gasteiger partial charge >= 0.3 is 5.97 Å². The van der Waals surface area contributed by atoms with Gasteiger partial charge in [0, 0.05) is 12.3 Å². The quantitative estimate of drug-likeness (QED) is 0.750. The molecule has 0 saturated carbocycles. The standard InChI is InChI=1S/C13H14N4O3/c14-13-15-10-5-4-9(7-2-1-3-8(18)6-7)11(12(19)20)17(10)16-13/h1-3,6,9,11,18H,4-5H2,(H2,14,16)(H,19,20). The van der Waals surface area contributed by atoms with Gasteiger partial charge in [-0.25, -0.2) is 9.48 Å². The van der Waals surface area contributed by atoms with Gasteiger partial charge in [-0.15, -0.1) is 5.10 Å². The van der Waals surface area contributed by atoms with Crippen LogP contribution >= 0.6 is 0 Å². The Morgan fingerprint density at radius 3 is 2.95 bits per heavy atom. The highest BCUT2D eigenvalue weighted by Gasteiger charge is 2.37. The molecule has 0 saturated heterocycles. The summed E-state index contributed by atoms with van der Waals surface area (Å²) in [5.41, 5.74) is 6.33. The average molecular weight is 274 g/mol. The second-order valence-electron chi connectivity index (χ2n) is 4.85. The van der Waals surface area contributed by atoms with Crippen molar-refractivity contribution in [2.75, 3.05) is 5.73 Å². The van der Waals surface area contributed by atoms with Crippen LogP contribution in [0, 0.1) is 0 Å². The lowest BCUT2D eigenvalue weighted by Crippen LogP contribution is -2.32. The minimum absolute atomic E-state index is 0.0859. The van der Waals surface area contributed by atoms with Gasteiger partial charge in [0.15, 0.2) is 6.04 Å². The van der Waals surface area contributed by atoms with E-state index >= 15 is 0 Å². The number of rotatable bonds is 2. The van der Waals surface area contributed by atoms with Crippen molar-refractivity contribution in [3.8, 4) is 5.75 Å². The zero-order valence-electron chi connectivity index (χ0n) is 10.6. The van der Waals surface area contributed by atoms with Crippen molar-refractivity contribution < 1.29 is 15.0 Å². The van der Waals surface area contributed by atoms with E-state index in [1.54, 1.807) is 18.2 Å². The summed E-state index contributed by atoms with van der Waals surface area (Å²) < 4.78 is 1.38. The largest absolute Gasteiger partial charge is 0.508 e. The van der Waals surface area contributed by atoms with Crippen molar-refractivity contribution >= 4 is 11.9 Å². The van der Waals surface area contributed by atoms with Crippen molar-refractivity contribution in [1.29, 1.82) is 0 Å². The van der Waals surface area contributed by atoms with Crippen molar-refractivity contribution in [3.05, 3.63) is 35.7 Å². The van der Waals surface area contributed by atoms with Crippen LogP contribution < -0.4 is 5.73 Å². The van der Waals surface area contributed by atoms with E-state index in [9.17, 15) is 15.0 Å². The van der Waals surface area contributed by atoms with E-state index in [-0.39, 0.29) is 17.6 Å². The van der Waals surface area contributed by atoms with Crippen LogP contribution in [0.5, 0.6) is 5.75 Å². The molecular weight excluding hydrogens is 260 g/mol. The Balaban J connectivity index is 2.06. The van der Waals surface area contributed by atoms with Crippen molar-refractivity contribution in [2.45, 2.75) is 24.8 Å². The summed E-state index contributed by atoms with van der Waals surface area (Å²) in [4.78, 5) is 15.6. The van der Waals surface area contributed by atoms with Gasteiger partial charge in [-0.2, -0.15) is 4.98 Å². The molecule has 1 aromatic carbocycles. The van der Waals surface area contributed by atoms with Crippen LogP contribution in [0.3, 0.4) is 0 Å². The number of carboxylic acids is 1. The maximum Gasteiger partial charge on any atom is 0.329 e. The van der Waals surface area contributed by atoms with E-state index in [0.29, 0.717) is 18.7 Å². The lowest BCUT2D eigenvalue weighted by molar-refractivity contribution is -0.142. The molecule has 7 nitrogen and oxygen atoms in total. The van der Waals surface area contributed by atoms with E-state index in [4.69, 9.17) is 5.73 Å². The van der Waals surface area contributed by atoms with E-state index in [0.717, 1.165) is 5.56 Å². The fourth-order valence-electron chi connectivity index (χ4n) is 2.76. The molecule has 7 heteroatoms. The number of benzene rings is 1. The van der Waals surface area contributed by atoms with Crippen molar-refractivity contribution in [2.24, 2.45) is 0 Å². The smallest absolute Gasteiger partial charge is 0.329 e. The molecule has 0 aliphatic carbocycles. The molecule has 2 aromatic rings. The number of hydrogen-bond donors (Lipinski definition) is 3. The summed E-state index contributed by atoms with van der Waals surface area (Å²) in [5, 5.41) is 23.1. The summed E-state index contributed by atoms with van der Waals surface area (Å²) in [6, 6.07) is 5.80. The fraction of sp³-hybridized carbons (Fsp3) is 0.308. The molecule has 3 rings (SSSR count). The molecule has 0 amide bonds. The van der Waals surface area contributed by atoms with E-state index in [1.165, 1.54) is 4.68 Å². The molecule has 0 fully saturated rings. The number of anilines is 1. The highest BCUT2D eigenvalue weighted by Crippen LogP contribution is 2.38. The van der Waals surface area contributed by atoms with Gasteiger partial charge in [-0.3, -0.25) is 0 Å². The predicted molar refractivity (Wildman–Crippen MR) is 70.3 cm³/mol. The Hall–Kier alpha value is -2.57. The van der Waals surface area contributed by atoms with Crippen LogP contribution in [-0.4, -0.2) is 30.9 Å². The summed E-state index contributed by atoms with van der Waals surface area (Å²) in [6.45, 7) is 0. The number of phenolic OH excluding ortho intramolecular Hbond substituents is 1. The van der Waals surface area contributed by atoms with E-state index in [1.807, 2.05) is 6.07 Å². The Morgan fingerprint density at radius 1 is 1.45 bits per heavy atom. The SMILES string of the molecule is Nc1nc2n(n1)C(C(=O)O)C(c1cccc(O)c1)CC2. The molecular formula is C13H14N4O3. The molecule has 0 spiro atoms. The average Bonchev–Trinajstić information content (AvgIpc) is 2.77. The third kappa shape index (κ3) is 1.97. The highest BCUT2D eigenvalue weighted by atomic mass is 16.4. The summed E-state index contributed by atoms with van der Waals surface area (Å²) in [7, 11) is 0. The number of carbonyl (C=O) groups is 1. The molecule has 0 radical (unpaired) electrons. The summed E-state index contributed by atoms with van der Waals surface area (Å²) in [6.07, 6.45) is 1.23. The number of hydrogen-bond acceptors (Lipinski definition) is 5. The molecule has 2 atom stereocenters. The first-order chi connectivity index (χ1) is 9.56. The number of carboxylic acid groups (broad SMARTS) is 1. The van der Waals surface area contributed by atoms with Crippen molar-refractivity contribution in [3.63, 3.8) is 0 Å². The third-order valence-electron chi connectivity index (χ3n) is 3.59. The van der Waals surface area contributed by atoms with Gasteiger partial charge < -0.3 is 15.9 Å². The summed E-state index contributed by atoms with van der Waals surface area (Å²) >= 11 is 0.